The van der Waals surface area contributed by atoms with Crippen LogP contribution in [-0.2, 0) is 11.3 Å². The number of nitrogens with zero attached hydrogens (tertiary/aromatic N) is 1. The van der Waals surface area contributed by atoms with Gasteiger partial charge < -0.3 is 10.6 Å². The molecule has 1 aliphatic rings. The van der Waals surface area contributed by atoms with Crippen LogP contribution in [0.2, 0.25) is 0 Å². The fourth-order valence-electron chi connectivity index (χ4n) is 3.95. The Morgan fingerprint density at radius 2 is 1.79 bits per heavy atom. The number of hydrogen-bond donors (Lipinski definition) is 2. The summed E-state index contributed by atoms with van der Waals surface area (Å²) in [5.74, 6) is -0.156. The van der Waals surface area contributed by atoms with Crippen LogP contribution >= 0.6 is 0 Å². The highest BCUT2D eigenvalue weighted by atomic mass is 16.2. The predicted molar refractivity (Wildman–Crippen MR) is 118 cm³/mol. The number of carbonyl (C=O) groups is 2. The molecular formula is C24H31N3O2. The molecule has 0 bridgehead atoms. The van der Waals surface area contributed by atoms with E-state index >= 15 is 0 Å². The van der Waals surface area contributed by atoms with Crippen molar-refractivity contribution in [3.05, 3.63) is 59.7 Å². The van der Waals surface area contributed by atoms with Crippen molar-refractivity contribution in [1.82, 2.24) is 4.90 Å². The number of hydrogen-bond acceptors (Lipinski definition) is 4. The fourth-order valence-corrected chi connectivity index (χ4v) is 3.95. The number of Topliss-reactive ketones (excluding diaryl/α,β-unsaturated/α-hetero) is 1. The van der Waals surface area contributed by atoms with Gasteiger partial charge in [-0.05, 0) is 50.6 Å². The first-order valence-corrected chi connectivity index (χ1v) is 10.5. The average molecular weight is 394 g/mol. The highest BCUT2D eigenvalue weighted by Gasteiger charge is 2.18. The molecule has 3 rings (SSSR count). The van der Waals surface area contributed by atoms with Crippen LogP contribution in [0, 0.1) is 0 Å². The van der Waals surface area contributed by atoms with E-state index in [0.29, 0.717) is 17.3 Å². The van der Waals surface area contributed by atoms with Crippen LogP contribution < -0.4 is 10.6 Å². The highest BCUT2D eigenvalue weighted by molar-refractivity contribution is 5.98. The van der Waals surface area contributed by atoms with Crippen LogP contribution in [0.4, 0.5) is 11.4 Å². The third-order valence-corrected chi connectivity index (χ3v) is 5.63. The fraction of sp³-hybridized carbons (Fsp3) is 0.417. The molecule has 5 heteroatoms. The average Bonchev–Trinajstić information content (AvgIpc) is 2.74. The molecule has 2 N–H and O–H groups in total. The van der Waals surface area contributed by atoms with Gasteiger partial charge in [-0.2, -0.15) is 0 Å². The van der Waals surface area contributed by atoms with Gasteiger partial charge >= 0.3 is 0 Å². The van der Waals surface area contributed by atoms with Crippen molar-refractivity contribution >= 4 is 23.1 Å². The van der Waals surface area contributed by atoms with Crippen molar-refractivity contribution in [1.29, 1.82) is 0 Å². The van der Waals surface area contributed by atoms with E-state index in [2.05, 4.69) is 28.6 Å². The highest BCUT2D eigenvalue weighted by Crippen LogP contribution is 2.24. The molecule has 0 heterocycles. The van der Waals surface area contributed by atoms with Gasteiger partial charge in [-0.1, -0.05) is 49.6 Å². The van der Waals surface area contributed by atoms with E-state index in [0.717, 1.165) is 12.2 Å². The first kappa shape index (κ1) is 21.1. The first-order chi connectivity index (χ1) is 14.0. The van der Waals surface area contributed by atoms with Gasteiger partial charge in [0.2, 0.25) is 5.91 Å². The van der Waals surface area contributed by atoms with Crippen LogP contribution in [-0.4, -0.2) is 36.2 Å². The smallest absolute Gasteiger partial charge is 0.243 e. The van der Waals surface area contributed by atoms with Gasteiger partial charge in [-0.25, -0.2) is 0 Å². The second-order valence-electron chi connectivity index (χ2n) is 7.90. The maximum Gasteiger partial charge on any atom is 0.243 e. The van der Waals surface area contributed by atoms with Gasteiger partial charge in [-0.3, -0.25) is 14.5 Å². The second-order valence-corrected chi connectivity index (χ2v) is 7.90. The Hall–Kier alpha value is -2.66. The van der Waals surface area contributed by atoms with Crippen LogP contribution in [0.25, 0.3) is 0 Å². The molecule has 154 valence electrons. The molecule has 0 saturated heterocycles. The van der Waals surface area contributed by atoms with E-state index in [1.54, 1.807) is 24.3 Å². The molecule has 1 aliphatic carbocycles. The lowest BCUT2D eigenvalue weighted by atomic mass is 9.94. The van der Waals surface area contributed by atoms with E-state index < -0.39 is 0 Å². The van der Waals surface area contributed by atoms with Crippen LogP contribution in [0.3, 0.4) is 0 Å². The number of ketones is 1. The Morgan fingerprint density at radius 1 is 1.03 bits per heavy atom. The molecule has 0 aliphatic heterocycles. The molecule has 0 aromatic heterocycles. The molecular weight excluding hydrogens is 362 g/mol. The lowest BCUT2D eigenvalue weighted by Crippen LogP contribution is -2.33. The maximum atomic E-state index is 12.4. The van der Waals surface area contributed by atoms with E-state index in [-0.39, 0.29) is 18.2 Å². The number of para-hydroxylation sites is 1. The lowest BCUT2D eigenvalue weighted by molar-refractivity contribution is -0.114. The van der Waals surface area contributed by atoms with Crippen molar-refractivity contribution in [2.45, 2.75) is 51.6 Å². The predicted octanol–water partition coefficient (Wildman–Crippen LogP) is 4.70. The molecule has 1 saturated carbocycles. The van der Waals surface area contributed by atoms with E-state index in [1.807, 2.05) is 18.2 Å². The Morgan fingerprint density at radius 3 is 2.55 bits per heavy atom. The van der Waals surface area contributed by atoms with Crippen LogP contribution in [0.5, 0.6) is 0 Å². The summed E-state index contributed by atoms with van der Waals surface area (Å²) in [5, 5.41) is 6.13. The van der Waals surface area contributed by atoms with Crippen molar-refractivity contribution in [3.63, 3.8) is 0 Å². The van der Waals surface area contributed by atoms with Crippen molar-refractivity contribution < 1.29 is 9.59 Å². The first-order valence-electron chi connectivity index (χ1n) is 10.5. The molecule has 0 radical (unpaired) electrons. The van der Waals surface area contributed by atoms with E-state index in [1.165, 1.54) is 44.6 Å². The lowest BCUT2D eigenvalue weighted by Gasteiger charge is -2.31. The minimum atomic E-state index is -0.138. The van der Waals surface area contributed by atoms with Gasteiger partial charge in [0.25, 0.3) is 0 Å². The van der Waals surface area contributed by atoms with E-state index in [9.17, 15) is 9.59 Å². The molecule has 0 spiro atoms. The summed E-state index contributed by atoms with van der Waals surface area (Å²) >= 11 is 0. The monoisotopic (exact) mass is 393 g/mol. The van der Waals surface area contributed by atoms with Crippen LogP contribution in [0.15, 0.2) is 48.5 Å². The van der Waals surface area contributed by atoms with Crippen molar-refractivity contribution in [2.24, 2.45) is 0 Å². The number of benzene rings is 2. The Labute approximate surface area is 173 Å². The van der Waals surface area contributed by atoms with Crippen LogP contribution in [0.1, 0.15) is 54.9 Å². The topological polar surface area (TPSA) is 61.4 Å². The Kier molecular flexibility index (Phi) is 7.42. The molecule has 5 nitrogen and oxygen atoms in total. The normalized spacial score (nSPS) is 14.6. The molecule has 2 aromatic rings. The minimum Gasteiger partial charge on any atom is -0.376 e. The summed E-state index contributed by atoms with van der Waals surface area (Å²) in [5.41, 5.74) is 3.41. The summed E-state index contributed by atoms with van der Waals surface area (Å²) in [6.45, 7) is 2.56. The number of rotatable bonds is 8. The van der Waals surface area contributed by atoms with Gasteiger partial charge in [0.1, 0.15) is 0 Å². The molecule has 0 unspecified atom stereocenters. The van der Waals surface area contributed by atoms with Gasteiger partial charge in [0.15, 0.2) is 5.78 Å². The zero-order valence-electron chi connectivity index (χ0n) is 17.4. The number of anilines is 2. The summed E-state index contributed by atoms with van der Waals surface area (Å²) < 4.78 is 0. The SMILES string of the molecule is CC(=O)c1cccc(NC(=O)CNc2ccccc2CN(C)C2CCCCC2)c1. The van der Waals surface area contributed by atoms with Crippen molar-refractivity contribution in [3.8, 4) is 0 Å². The molecule has 1 fully saturated rings. The summed E-state index contributed by atoms with van der Waals surface area (Å²) in [7, 11) is 2.20. The number of carbonyl (C=O) groups excluding carboxylic acids is 2. The Balaban J connectivity index is 1.57. The van der Waals surface area contributed by atoms with Gasteiger partial charge in [0.05, 0.1) is 6.54 Å². The maximum absolute atomic E-state index is 12.4. The zero-order valence-corrected chi connectivity index (χ0v) is 17.4. The molecule has 29 heavy (non-hydrogen) atoms. The quantitative estimate of drug-likeness (QED) is 0.638. The van der Waals surface area contributed by atoms with Gasteiger partial charge in [-0.15, -0.1) is 0 Å². The number of nitrogens with one attached hydrogen (secondary N) is 2. The largest absolute Gasteiger partial charge is 0.376 e. The van der Waals surface area contributed by atoms with Gasteiger partial charge in [0, 0.05) is 29.5 Å². The summed E-state index contributed by atoms with van der Waals surface area (Å²) in [6, 6.07) is 15.8. The third kappa shape index (κ3) is 6.16. The molecule has 1 amide bonds. The van der Waals surface area contributed by atoms with E-state index in [4.69, 9.17) is 0 Å². The Bertz CT molecular complexity index is 844. The van der Waals surface area contributed by atoms with Crippen molar-refractivity contribution in [2.75, 3.05) is 24.2 Å². The minimum absolute atomic E-state index is 0.0183. The zero-order chi connectivity index (χ0) is 20.6. The summed E-state index contributed by atoms with van der Waals surface area (Å²) in [4.78, 5) is 26.3. The number of amides is 1. The second kappa shape index (κ2) is 10.2. The standard InChI is InChI=1S/C24H31N3O2/c1-18(28)19-10-8-11-21(15-19)26-24(29)16-25-23-14-7-6-9-20(23)17-27(2)22-12-4-3-5-13-22/h6-11,14-15,22,25H,3-5,12-13,16-17H2,1-2H3,(H,26,29). The molecule has 0 atom stereocenters. The summed E-state index contributed by atoms with van der Waals surface area (Å²) in [6.07, 6.45) is 6.54. The molecule has 2 aromatic carbocycles. The third-order valence-electron chi connectivity index (χ3n) is 5.63.